The monoisotopic (exact) mass is 320 g/mol. The van der Waals surface area contributed by atoms with Gasteiger partial charge in [0.05, 0.1) is 11.4 Å². The molecule has 21 heavy (non-hydrogen) atoms. The van der Waals surface area contributed by atoms with E-state index in [4.69, 9.17) is 11.6 Å². The van der Waals surface area contributed by atoms with Crippen LogP contribution in [0.15, 0.2) is 47.7 Å². The Labute approximate surface area is 134 Å². The first-order valence-electron chi connectivity index (χ1n) is 6.79. The van der Waals surface area contributed by atoms with Gasteiger partial charge in [0.2, 0.25) is 0 Å². The molecule has 5 heteroatoms. The van der Waals surface area contributed by atoms with Crippen LogP contribution in [0.25, 0.3) is 0 Å². The summed E-state index contributed by atoms with van der Waals surface area (Å²) in [6.07, 6.45) is 0.714. The Morgan fingerprint density at radius 2 is 2.14 bits per heavy atom. The predicted octanol–water partition coefficient (Wildman–Crippen LogP) is 3.92. The van der Waals surface area contributed by atoms with Crippen molar-refractivity contribution in [3.8, 4) is 0 Å². The summed E-state index contributed by atoms with van der Waals surface area (Å²) >= 11 is 7.69. The van der Waals surface area contributed by atoms with E-state index in [9.17, 15) is 4.79 Å². The number of carbonyl (C=O) groups excluding carboxylic acids is 1. The van der Waals surface area contributed by atoms with Crippen molar-refractivity contribution in [3.63, 3.8) is 0 Å². The number of nitrogens with one attached hydrogen (secondary N) is 1. The molecule has 1 aromatic carbocycles. The second-order valence-corrected chi connectivity index (χ2v) is 7.27. The molecule has 110 valence electrons. The molecule has 0 bridgehead atoms. The highest BCUT2D eigenvalue weighted by Crippen LogP contribution is 2.47. The summed E-state index contributed by atoms with van der Waals surface area (Å²) in [5, 5.41) is 2.17. The van der Waals surface area contributed by atoms with Crippen molar-refractivity contribution >= 4 is 35.0 Å². The lowest BCUT2D eigenvalue weighted by atomic mass is 9.93. The van der Waals surface area contributed by atoms with Gasteiger partial charge in [0.25, 0.3) is 5.91 Å². The molecule has 1 amide bonds. The van der Waals surface area contributed by atoms with Gasteiger partial charge in [-0.15, -0.1) is 11.8 Å². The van der Waals surface area contributed by atoms with Crippen molar-refractivity contribution < 1.29 is 4.79 Å². The minimum absolute atomic E-state index is 0.0339. The summed E-state index contributed by atoms with van der Waals surface area (Å²) in [6, 6.07) is 7.27. The van der Waals surface area contributed by atoms with Gasteiger partial charge >= 0.3 is 0 Å². The van der Waals surface area contributed by atoms with E-state index >= 15 is 0 Å². The summed E-state index contributed by atoms with van der Waals surface area (Å²) in [7, 11) is 0. The van der Waals surface area contributed by atoms with Gasteiger partial charge in [0.15, 0.2) is 0 Å². The Hall–Kier alpha value is -1.39. The molecule has 2 aliphatic rings. The van der Waals surface area contributed by atoms with Crippen LogP contribution in [0.2, 0.25) is 5.02 Å². The fourth-order valence-corrected chi connectivity index (χ4v) is 4.29. The average Bonchev–Trinajstić information content (AvgIpc) is 2.68. The molecule has 3 nitrogen and oxygen atoms in total. The van der Waals surface area contributed by atoms with Crippen LogP contribution in [0, 0.1) is 0 Å². The number of anilines is 1. The first-order chi connectivity index (χ1) is 9.94. The molecule has 0 unspecified atom stereocenters. The van der Waals surface area contributed by atoms with Crippen LogP contribution in [0.1, 0.15) is 20.3 Å². The fourth-order valence-electron chi connectivity index (χ4n) is 2.64. The van der Waals surface area contributed by atoms with Crippen LogP contribution in [0.5, 0.6) is 0 Å². The fraction of sp³-hybridized carbons (Fsp3) is 0.312. The van der Waals surface area contributed by atoms with Gasteiger partial charge in [-0.3, -0.25) is 10.2 Å². The van der Waals surface area contributed by atoms with Crippen LogP contribution in [0.4, 0.5) is 5.69 Å². The normalized spacial score (nSPS) is 25.8. The van der Waals surface area contributed by atoms with Gasteiger partial charge < -0.3 is 0 Å². The van der Waals surface area contributed by atoms with E-state index in [1.807, 2.05) is 12.1 Å². The number of amides is 1. The topological polar surface area (TPSA) is 32.3 Å². The molecule has 0 saturated carbocycles. The van der Waals surface area contributed by atoms with Gasteiger partial charge in [0.1, 0.15) is 4.75 Å². The third kappa shape index (κ3) is 2.27. The lowest BCUT2D eigenvalue weighted by Crippen LogP contribution is -2.41. The third-order valence-electron chi connectivity index (χ3n) is 4.13. The number of halogens is 1. The van der Waals surface area contributed by atoms with E-state index in [0.29, 0.717) is 11.4 Å². The molecular weight excluding hydrogens is 304 g/mol. The van der Waals surface area contributed by atoms with Crippen molar-refractivity contribution in [1.82, 2.24) is 5.43 Å². The smallest absolute Gasteiger partial charge is 0.268 e. The van der Waals surface area contributed by atoms with E-state index in [1.54, 1.807) is 28.9 Å². The highest BCUT2D eigenvalue weighted by atomic mass is 35.5. The minimum Gasteiger partial charge on any atom is -0.294 e. The second kappa shape index (κ2) is 5.11. The Morgan fingerprint density at radius 1 is 1.38 bits per heavy atom. The van der Waals surface area contributed by atoms with E-state index in [2.05, 4.69) is 25.9 Å². The second-order valence-electron chi connectivity index (χ2n) is 5.56. The first kappa shape index (κ1) is 14.5. The largest absolute Gasteiger partial charge is 0.294 e. The number of allylic oxidation sites excluding steroid dienone is 1. The molecular formula is C16H17ClN2OS. The lowest BCUT2D eigenvalue weighted by Gasteiger charge is -2.31. The third-order valence-corrected chi connectivity index (χ3v) is 6.00. The first-order valence-corrected chi connectivity index (χ1v) is 8.16. The predicted molar refractivity (Wildman–Crippen MR) is 89.4 cm³/mol. The standard InChI is InChI=1S/C16H17ClN2OS/c1-10-8-16(21-9-11(10)2)12(3)18-19(15(16)20)14-6-4-5-13(17)7-14/h4-7,18H,3,8-9H2,1-2H3/t16-/m0/s1. The lowest BCUT2D eigenvalue weighted by molar-refractivity contribution is -0.118. The summed E-state index contributed by atoms with van der Waals surface area (Å²) in [4.78, 5) is 13.0. The molecule has 0 aliphatic carbocycles. The number of hydrazine groups is 1. The Morgan fingerprint density at radius 3 is 2.81 bits per heavy atom. The molecule has 2 heterocycles. The molecule has 1 N–H and O–H groups in total. The van der Waals surface area contributed by atoms with E-state index in [1.165, 1.54) is 11.1 Å². The van der Waals surface area contributed by atoms with Crippen LogP contribution >= 0.6 is 23.4 Å². The summed E-state index contributed by atoms with van der Waals surface area (Å²) < 4.78 is -0.591. The number of hydrogen-bond donors (Lipinski definition) is 1. The molecule has 1 aromatic rings. The molecule has 0 radical (unpaired) electrons. The SMILES string of the molecule is C=C1NN(c2cccc(Cl)c2)C(=O)[C@]12CC(C)=C(C)CS2. The van der Waals surface area contributed by atoms with Gasteiger partial charge in [0, 0.05) is 10.8 Å². The zero-order chi connectivity index (χ0) is 15.2. The summed E-state index contributed by atoms with van der Waals surface area (Å²) in [5.74, 6) is 0.897. The van der Waals surface area contributed by atoms with Crippen LogP contribution in [-0.2, 0) is 4.79 Å². The zero-order valence-electron chi connectivity index (χ0n) is 12.1. The Balaban J connectivity index is 1.97. The zero-order valence-corrected chi connectivity index (χ0v) is 13.6. The molecule has 2 aliphatic heterocycles. The summed E-state index contributed by atoms with van der Waals surface area (Å²) in [5.41, 5.74) is 7.26. The highest BCUT2D eigenvalue weighted by molar-refractivity contribution is 8.01. The molecule has 1 saturated heterocycles. The Bertz CT molecular complexity index is 670. The van der Waals surface area contributed by atoms with Gasteiger partial charge in [-0.05, 0) is 38.5 Å². The summed E-state index contributed by atoms with van der Waals surface area (Å²) in [6.45, 7) is 8.31. The number of thioether (sulfide) groups is 1. The maximum Gasteiger partial charge on any atom is 0.268 e. The maximum absolute atomic E-state index is 13.0. The van der Waals surface area contributed by atoms with Crippen molar-refractivity contribution in [3.05, 3.63) is 52.7 Å². The number of hydrogen-bond acceptors (Lipinski definition) is 3. The average molecular weight is 321 g/mol. The van der Waals surface area contributed by atoms with Gasteiger partial charge in [-0.2, -0.15) is 0 Å². The molecule has 1 spiro atoms. The van der Waals surface area contributed by atoms with Gasteiger partial charge in [-0.1, -0.05) is 35.4 Å². The molecule has 0 aromatic heterocycles. The molecule has 3 rings (SSSR count). The van der Waals surface area contributed by atoms with Crippen LogP contribution < -0.4 is 10.4 Å². The van der Waals surface area contributed by atoms with E-state index in [0.717, 1.165) is 17.1 Å². The van der Waals surface area contributed by atoms with Crippen LogP contribution in [-0.4, -0.2) is 16.4 Å². The van der Waals surface area contributed by atoms with E-state index < -0.39 is 4.75 Å². The Kier molecular flexibility index (Phi) is 3.54. The molecule has 1 atom stereocenters. The minimum atomic E-state index is -0.591. The number of nitrogens with zero attached hydrogens (tertiary/aromatic N) is 1. The molecule has 1 fully saturated rings. The van der Waals surface area contributed by atoms with Crippen molar-refractivity contribution in [1.29, 1.82) is 0 Å². The van der Waals surface area contributed by atoms with Crippen molar-refractivity contribution in [2.75, 3.05) is 10.8 Å². The van der Waals surface area contributed by atoms with Crippen molar-refractivity contribution in [2.45, 2.75) is 25.0 Å². The van der Waals surface area contributed by atoms with Crippen molar-refractivity contribution in [2.24, 2.45) is 0 Å². The quantitative estimate of drug-likeness (QED) is 0.796. The van der Waals surface area contributed by atoms with E-state index in [-0.39, 0.29) is 5.91 Å². The number of carbonyl (C=O) groups is 1. The number of benzene rings is 1. The number of rotatable bonds is 1. The van der Waals surface area contributed by atoms with Gasteiger partial charge in [-0.25, -0.2) is 5.01 Å². The highest BCUT2D eigenvalue weighted by Gasteiger charge is 2.52. The van der Waals surface area contributed by atoms with Crippen LogP contribution in [0.3, 0.4) is 0 Å². The maximum atomic E-state index is 13.0.